The Morgan fingerprint density at radius 2 is 1.89 bits per heavy atom. The lowest BCUT2D eigenvalue weighted by Gasteiger charge is -2.12. The molecule has 0 aliphatic carbocycles. The third kappa shape index (κ3) is 6.00. The van der Waals surface area contributed by atoms with E-state index in [0.717, 1.165) is 0 Å². The smallest absolute Gasteiger partial charge is 0.270 e. The maximum Gasteiger partial charge on any atom is 0.270 e. The van der Waals surface area contributed by atoms with Gasteiger partial charge in [-0.1, -0.05) is 19.1 Å². The first-order chi connectivity index (χ1) is 13.2. The van der Waals surface area contributed by atoms with Gasteiger partial charge in [-0.05, 0) is 49.2 Å². The van der Waals surface area contributed by atoms with Crippen LogP contribution < -0.4 is 10.0 Å². The number of hydrogen-bond donors (Lipinski definition) is 2. The quantitative estimate of drug-likeness (QED) is 0.398. The largest absolute Gasteiger partial charge is 0.323 e. The number of benzene rings is 2. The lowest BCUT2D eigenvalue weighted by atomic mass is 10.2. The molecule has 1 amide bonds. The van der Waals surface area contributed by atoms with Crippen LogP contribution in [0.2, 0.25) is 0 Å². The maximum absolute atomic E-state index is 12.2. The summed E-state index contributed by atoms with van der Waals surface area (Å²) in [5, 5.41) is 13.4. The summed E-state index contributed by atoms with van der Waals surface area (Å²) in [5.41, 5.74) is 0.878. The van der Waals surface area contributed by atoms with Crippen LogP contribution in [0.1, 0.15) is 25.8 Å². The lowest BCUT2D eigenvalue weighted by Crippen LogP contribution is -2.31. The van der Waals surface area contributed by atoms with E-state index in [2.05, 4.69) is 10.0 Å². The molecule has 0 aliphatic heterocycles. The van der Waals surface area contributed by atoms with E-state index in [0.29, 0.717) is 17.7 Å². The van der Waals surface area contributed by atoms with Crippen LogP contribution in [-0.2, 0) is 14.8 Å². The van der Waals surface area contributed by atoms with Gasteiger partial charge in [0.05, 0.1) is 9.82 Å². The SMILES string of the molecule is CCC(C)NS(=O)(=O)c1ccc(NC(=O)/C=C/c2cccc([N+](=O)[O-])c2)cc1. The number of carbonyl (C=O) groups excluding carboxylic acids is 1. The lowest BCUT2D eigenvalue weighted by molar-refractivity contribution is -0.384. The molecule has 148 valence electrons. The van der Waals surface area contributed by atoms with Crippen LogP contribution in [0.4, 0.5) is 11.4 Å². The average molecular weight is 403 g/mol. The first kappa shape index (κ1) is 21.3. The number of non-ortho nitro benzene ring substituents is 1. The summed E-state index contributed by atoms with van der Waals surface area (Å²) in [5.74, 6) is -0.445. The van der Waals surface area contributed by atoms with Crippen LogP contribution >= 0.6 is 0 Å². The van der Waals surface area contributed by atoms with Crippen LogP contribution in [0.25, 0.3) is 6.08 Å². The number of nitro groups is 1. The van der Waals surface area contributed by atoms with E-state index in [-0.39, 0.29) is 16.6 Å². The van der Waals surface area contributed by atoms with Crippen molar-refractivity contribution in [1.29, 1.82) is 0 Å². The van der Waals surface area contributed by atoms with Crippen molar-refractivity contribution in [2.45, 2.75) is 31.2 Å². The van der Waals surface area contributed by atoms with Gasteiger partial charge in [0.1, 0.15) is 0 Å². The number of nitrogens with one attached hydrogen (secondary N) is 2. The van der Waals surface area contributed by atoms with E-state index in [1.54, 1.807) is 13.0 Å². The second-order valence-electron chi connectivity index (χ2n) is 6.13. The number of carbonyl (C=O) groups is 1. The molecule has 2 N–H and O–H groups in total. The molecule has 0 spiro atoms. The van der Waals surface area contributed by atoms with E-state index in [9.17, 15) is 23.3 Å². The first-order valence-corrected chi connectivity index (χ1v) is 10.1. The number of hydrogen-bond acceptors (Lipinski definition) is 5. The fourth-order valence-corrected chi connectivity index (χ4v) is 3.56. The second kappa shape index (κ2) is 9.25. The number of anilines is 1. The first-order valence-electron chi connectivity index (χ1n) is 8.57. The highest BCUT2D eigenvalue weighted by atomic mass is 32.2. The normalized spacial score (nSPS) is 12.6. The van der Waals surface area contributed by atoms with Gasteiger partial charge < -0.3 is 5.32 Å². The van der Waals surface area contributed by atoms with Gasteiger partial charge in [-0.15, -0.1) is 0 Å². The van der Waals surface area contributed by atoms with Crippen molar-refractivity contribution in [3.63, 3.8) is 0 Å². The standard InChI is InChI=1S/C19H21N3O5S/c1-3-14(2)21-28(26,27)18-10-8-16(9-11-18)20-19(23)12-7-15-5-4-6-17(13-15)22(24)25/h4-14,21H,3H2,1-2H3,(H,20,23)/b12-7+. The van der Waals surface area contributed by atoms with Crippen LogP contribution in [-0.4, -0.2) is 25.3 Å². The van der Waals surface area contributed by atoms with E-state index in [1.807, 2.05) is 6.92 Å². The van der Waals surface area contributed by atoms with Crippen molar-refractivity contribution < 1.29 is 18.1 Å². The van der Waals surface area contributed by atoms with Gasteiger partial charge in [0.2, 0.25) is 15.9 Å². The monoisotopic (exact) mass is 403 g/mol. The predicted octanol–water partition coefficient (Wildman–Crippen LogP) is 3.32. The van der Waals surface area contributed by atoms with Gasteiger partial charge in [-0.2, -0.15) is 0 Å². The third-order valence-corrected chi connectivity index (χ3v) is 5.51. The maximum atomic E-state index is 12.2. The summed E-state index contributed by atoms with van der Waals surface area (Å²) in [6.45, 7) is 3.66. The Morgan fingerprint density at radius 3 is 2.50 bits per heavy atom. The molecule has 2 aromatic rings. The Balaban J connectivity index is 2.03. The van der Waals surface area contributed by atoms with E-state index in [1.165, 1.54) is 54.6 Å². The molecule has 2 aromatic carbocycles. The van der Waals surface area contributed by atoms with Crippen molar-refractivity contribution in [1.82, 2.24) is 4.72 Å². The minimum absolute atomic E-state index is 0.0645. The Kier molecular flexibility index (Phi) is 7.02. The van der Waals surface area contributed by atoms with Crippen LogP contribution in [0.15, 0.2) is 59.5 Å². The Hall–Kier alpha value is -3.04. The zero-order chi connectivity index (χ0) is 20.7. The highest BCUT2D eigenvalue weighted by Gasteiger charge is 2.16. The summed E-state index contributed by atoms with van der Waals surface area (Å²) in [7, 11) is -3.61. The van der Waals surface area contributed by atoms with Gasteiger partial charge in [-0.25, -0.2) is 13.1 Å². The Labute approximate surface area is 163 Å². The molecular formula is C19H21N3O5S. The summed E-state index contributed by atoms with van der Waals surface area (Å²) in [6.07, 6.45) is 3.37. The second-order valence-corrected chi connectivity index (χ2v) is 7.84. The predicted molar refractivity (Wildman–Crippen MR) is 107 cm³/mol. The fourth-order valence-electron chi connectivity index (χ4n) is 2.23. The summed E-state index contributed by atoms with van der Waals surface area (Å²) in [6, 6.07) is 11.5. The molecule has 0 aromatic heterocycles. The summed E-state index contributed by atoms with van der Waals surface area (Å²) < 4.78 is 27.0. The molecule has 28 heavy (non-hydrogen) atoms. The van der Waals surface area contributed by atoms with Crippen LogP contribution in [0.5, 0.6) is 0 Å². The Morgan fingerprint density at radius 1 is 1.21 bits per heavy atom. The van der Waals surface area contributed by atoms with E-state index >= 15 is 0 Å². The third-order valence-electron chi connectivity index (χ3n) is 3.91. The van der Waals surface area contributed by atoms with Crippen molar-refractivity contribution >= 4 is 33.4 Å². The van der Waals surface area contributed by atoms with Gasteiger partial charge in [0, 0.05) is 29.9 Å². The minimum Gasteiger partial charge on any atom is -0.323 e. The zero-order valence-electron chi connectivity index (χ0n) is 15.5. The number of nitro benzene ring substituents is 1. The summed E-state index contributed by atoms with van der Waals surface area (Å²) in [4.78, 5) is 22.4. The highest BCUT2D eigenvalue weighted by Crippen LogP contribution is 2.16. The molecule has 0 saturated heterocycles. The molecule has 0 aliphatic rings. The van der Waals surface area contributed by atoms with E-state index < -0.39 is 20.9 Å². The van der Waals surface area contributed by atoms with Gasteiger partial charge >= 0.3 is 0 Å². The highest BCUT2D eigenvalue weighted by molar-refractivity contribution is 7.89. The minimum atomic E-state index is -3.61. The molecule has 0 saturated carbocycles. The number of rotatable bonds is 8. The molecule has 1 unspecified atom stereocenters. The molecule has 1 atom stereocenters. The number of nitrogens with zero attached hydrogens (tertiary/aromatic N) is 1. The molecule has 0 radical (unpaired) electrons. The summed E-state index contributed by atoms with van der Waals surface area (Å²) >= 11 is 0. The van der Waals surface area contributed by atoms with Crippen molar-refractivity contribution in [3.05, 3.63) is 70.3 Å². The molecule has 8 nitrogen and oxygen atoms in total. The molecule has 0 fully saturated rings. The van der Waals surface area contributed by atoms with Crippen molar-refractivity contribution in [2.24, 2.45) is 0 Å². The van der Waals surface area contributed by atoms with Crippen molar-refractivity contribution in [3.8, 4) is 0 Å². The number of sulfonamides is 1. The van der Waals surface area contributed by atoms with Crippen LogP contribution in [0, 0.1) is 10.1 Å². The Bertz CT molecular complexity index is 985. The van der Waals surface area contributed by atoms with E-state index in [4.69, 9.17) is 0 Å². The fraction of sp³-hybridized carbons (Fsp3) is 0.211. The molecular weight excluding hydrogens is 382 g/mol. The number of amides is 1. The zero-order valence-corrected chi connectivity index (χ0v) is 16.3. The van der Waals surface area contributed by atoms with Gasteiger partial charge in [0.25, 0.3) is 5.69 Å². The van der Waals surface area contributed by atoms with Gasteiger partial charge in [-0.3, -0.25) is 14.9 Å². The van der Waals surface area contributed by atoms with Gasteiger partial charge in [0.15, 0.2) is 0 Å². The van der Waals surface area contributed by atoms with Crippen LogP contribution in [0.3, 0.4) is 0 Å². The molecule has 2 rings (SSSR count). The molecule has 0 bridgehead atoms. The molecule has 9 heteroatoms. The topological polar surface area (TPSA) is 118 Å². The molecule has 0 heterocycles. The average Bonchev–Trinajstić information content (AvgIpc) is 2.66. The van der Waals surface area contributed by atoms with Crippen molar-refractivity contribution in [2.75, 3.05) is 5.32 Å².